The number of carbonyl (C=O) groups excluding carboxylic acids is 1. The SMILES string of the molecule is CNCC(=O)N1CCN(c2ccccc2OCCN(C)C)CC1.Cl. The summed E-state index contributed by atoms with van der Waals surface area (Å²) in [5.74, 6) is 1.09. The Kier molecular flexibility index (Phi) is 8.89. The van der Waals surface area contributed by atoms with Crippen LogP contribution in [0.25, 0.3) is 0 Å². The number of amides is 1. The summed E-state index contributed by atoms with van der Waals surface area (Å²) >= 11 is 0. The van der Waals surface area contributed by atoms with Crippen LogP contribution >= 0.6 is 12.4 Å². The lowest BCUT2D eigenvalue weighted by Crippen LogP contribution is -2.50. The van der Waals surface area contributed by atoms with Gasteiger partial charge in [-0.2, -0.15) is 0 Å². The first-order valence-corrected chi connectivity index (χ1v) is 8.15. The minimum absolute atomic E-state index is 0. The third kappa shape index (κ3) is 5.85. The Bertz CT molecular complexity index is 505. The number of rotatable bonds is 7. The van der Waals surface area contributed by atoms with E-state index in [4.69, 9.17) is 4.74 Å². The first kappa shape index (κ1) is 20.5. The van der Waals surface area contributed by atoms with Crippen molar-refractivity contribution >= 4 is 24.0 Å². The van der Waals surface area contributed by atoms with Crippen LogP contribution in [0.3, 0.4) is 0 Å². The molecule has 1 saturated heterocycles. The fraction of sp³-hybridized carbons (Fsp3) is 0.588. The Labute approximate surface area is 151 Å². The molecule has 0 bridgehead atoms. The molecule has 24 heavy (non-hydrogen) atoms. The number of para-hydroxylation sites is 2. The lowest BCUT2D eigenvalue weighted by atomic mass is 10.2. The number of benzene rings is 1. The summed E-state index contributed by atoms with van der Waals surface area (Å²) in [4.78, 5) is 18.3. The van der Waals surface area contributed by atoms with Gasteiger partial charge in [-0.25, -0.2) is 0 Å². The second-order valence-corrected chi connectivity index (χ2v) is 6.02. The number of hydrogen-bond donors (Lipinski definition) is 1. The van der Waals surface area contributed by atoms with Crippen LogP contribution in [-0.2, 0) is 4.79 Å². The first-order valence-electron chi connectivity index (χ1n) is 8.15. The molecule has 1 aliphatic heterocycles. The highest BCUT2D eigenvalue weighted by molar-refractivity contribution is 5.85. The van der Waals surface area contributed by atoms with Gasteiger partial charge in [0.15, 0.2) is 0 Å². The highest BCUT2D eigenvalue weighted by Gasteiger charge is 2.22. The number of ether oxygens (including phenoxy) is 1. The predicted molar refractivity (Wildman–Crippen MR) is 100 cm³/mol. The van der Waals surface area contributed by atoms with E-state index in [1.807, 2.05) is 37.2 Å². The van der Waals surface area contributed by atoms with Crippen LogP contribution in [0.1, 0.15) is 0 Å². The van der Waals surface area contributed by atoms with E-state index < -0.39 is 0 Å². The predicted octanol–water partition coefficient (Wildman–Crippen LogP) is 0.917. The van der Waals surface area contributed by atoms with Crippen LogP contribution in [0.15, 0.2) is 24.3 Å². The van der Waals surface area contributed by atoms with Crippen LogP contribution < -0.4 is 15.0 Å². The largest absolute Gasteiger partial charge is 0.490 e. The van der Waals surface area contributed by atoms with Crippen molar-refractivity contribution in [2.45, 2.75) is 0 Å². The van der Waals surface area contributed by atoms with Crippen molar-refractivity contribution in [2.75, 3.05) is 71.9 Å². The van der Waals surface area contributed by atoms with Crippen LogP contribution in [0.2, 0.25) is 0 Å². The molecule has 1 aliphatic rings. The van der Waals surface area contributed by atoms with Gasteiger partial charge in [-0.1, -0.05) is 12.1 Å². The molecule has 1 amide bonds. The second-order valence-electron chi connectivity index (χ2n) is 6.02. The average molecular weight is 357 g/mol. The molecule has 0 aliphatic carbocycles. The van der Waals surface area contributed by atoms with E-state index in [2.05, 4.69) is 21.2 Å². The lowest BCUT2D eigenvalue weighted by molar-refractivity contribution is -0.130. The number of halogens is 1. The molecule has 1 fully saturated rings. The maximum atomic E-state index is 11.9. The smallest absolute Gasteiger partial charge is 0.236 e. The van der Waals surface area contributed by atoms with Gasteiger partial charge in [0.1, 0.15) is 12.4 Å². The number of piperazine rings is 1. The molecule has 1 aromatic carbocycles. The van der Waals surface area contributed by atoms with Gasteiger partial charge in [0.05, 0.1) is 12.2 Å². The zero-order valence-corrected chi connectivity index (χ0v) is 15.6. The summed E-state index contributed by atoms with van der Waals surface area (Å²) < 4.78 is 5.94. The van der Waals surface area contributed by atoms with E-state index in [-0.39, 0.29) is 18.3 Å². The molecule has 0 spiro atoms. The molecule has 0 atom stereocenters. The number of anilines is 1. The van der Waals surface area contributed by atoms with Gasteiger partial charge in [-0.3, -0.25) is 4.79 Å². The van der Waals surface area contributed by atoms with Gasteiger partial charge >= 0.3 is 0 Å². The van der Waals surface area contributed by atoms with Crippen molar-refractivity contribution in [1.82, 2.24) is 15.1 Å². The molecule has 136 valence electrons. The molecule has 0 radical (unpaired) electrons. The number of hydrogen-bond acceptors (Lipinski definition) is 5. The fourth-order valence-corrected chi connectivity index (χ4v) is 2.64. The van der Waals surface area contributed by atoms with Crippen molar-refractivity contribution in [3.05, 3.63) is 24.3 Å². The Balaban J connectivity index is 0.00000288. The highest BCUT2D eigenvalue weighted by atomic mass is 35.5. The van der Waals surface area contributed by atoms with Gasteiger partial charge in [-0.15, -0.1) is 12.4 Å². The minimum atomic E-state index is 0. The lowest BCUT2D eigenvalue weighted by Gasteiger charge is -2.36. The summed E-state index contributed by atoms with van der Waals surface area (Å²) in [5.41, 5.74) is 1.12. The van der Waals surface area contributed by atoms with Gasteiger partial charge in [0.25, 0.3) is 0 Å². The Morgan fingerprint density at radius 1 is 1.21 bits per heavy atom. The third-order valence-corrected chi connectivity index (χ3v) is 3.96. The van der Waals surface area contributed by atoms with Crippen molar-refractivity contribution in [2.24, 2.45) is 0 Å². The Morgan fingerprint density at radius 2 is 1.88 bits per heavy atom. The van der Waals surface area contributed by atoms with Gasteiger partial charge in [0, 0.05) is 32.7 Å². The normalized spacial score (nSPS) is 14.5. The molecule has 6 nitrogen and oxygen atoms in total. The summed E-state index contributed by atoms with van der Waals surface area (Å²) in [5, 5.41) is 2.92. The van der Waals surface area contributed by atoms with Crippen LogP contribution in [-0.4, -0.2) is 82.7 Å². The monoisotopic (exact) mass is 356 g/mol. The summed E-state index contributed by atoms with van der Waals surface area (Å²) in [7, 11) is 5.88. The third-order valence-electron chi connectivity index (χ3n) is 3.96. The average Bonchev–Trinajstić information content (AvgIpc) is 2.55. The number of likely N-dealkylation sites (N-methyl/N-ethyl adjacent to an activating group) is 2. The Hall–Kier alpha value is -1.50. The van der Waals surface area contributed by atoms with E-state index in [0.717, 1.165) is 44.2 Å². The molecular weight excluding hydrogens is 328 g/mol. The van der Waals surface area contributed by atoms with Gasteiger partial charge in [0.2, 0.25) is 5.91 Å². The van der Waals surface area contributed by atoms with Gasteiger partial charge in [-0.05, 0) is 33.3 Å². The standard InChI is InChI=1S/C17H28N4O2.ClH/c1-18-14-17(22)21-10-8-20(9-11-21)15-6-4-5-7-16(15)23-13-12-19(2)3;/h4-7,18H,8-14H2,1-3H3;1H. The van der Waals surface area contributed by atoms with Crippen molar-refractivity contribution < 1.29 is 9.53 Å². The van der Waals surface area contributed by atoms with Crippen molar-refractivity contribution in [1.29, 1.82) is 0 Å². The quantitative estimate of drug-likeness (QED) is 0.787. The maximum Gasteiger partial charge on any atom is 0.236 e. The van der Waals surface area contributed by atoms with Crippen LogP contribution in [0.4, 0.5) is 5.69 Å². The van der Waals surface area contributed by atoms with E-state index in [0.29, 0.717) is 13.2 Å². The molecule has 1 N–H and O–H groups in total. The molecule has 0 aromatic heterocycles. The minimum Gasteiger partial charge on any atom is -0.490 e. The van der Waals surface area contributed by atoms with E-state index >= 15 is 0 Å². The topological polar surface area (TPSA) is 48.1 Å². The Morgan fingerprint density at radius 3 is 2.50 bits per heavy atom. The molecule has 1 heterocycles. The molecule has 0 saturated carbocycles. The molecule has 0 unspecified atom stereocenters. The van der Waals surface area contributed by atoms with E-state index in [1.54, 1.807) is 7.05 Å². The second kappa shape index (κ2) is 10.4. The van der Waals surface area contributed by atoms with Crippen LogP contribution in [0, 0.1) is 0 Å². The molecule has 7 heteroatoms. The first-order chi connectivity index (χ1) is 11.1. The number of carbonyl (C=O) groups is 1. The summed E-state index contributed by atoms with van der Waals surface area (Å²) in [6.07, 6.45) is 0. The summed E-state index contributed by atoms with van der Waals surface area (Å²) in [6, 6.07) is 8.15. The number of nitrogens with one attached hydrogen (secondary N) is 1. The summed E-state index contributed by atoms with van der Waals surface area (Å²) in [6.45, 7) is 5.15. The molecule has 2 rings (SSSR count). The molecule has 1 aromatic rings. The van der Waals surface area contributed by atoms with Crippen LogP contribution in [0.5, 0.6) is 5.75 Å². The van der Waals surface area contributed by atoms with E-state index in [9.17, 15) is 4.79 Å². The molecular formula is C17H29ClN4O2. The van der Waals surface area contributed by atoms with Gasteiger partial charge < -0.3 is 24.8 Å². The fourth-order valence-electron chi connectivity index (χ4n) is 2.64. The highest BCUT2D eigenvalue weighted by Crippen LogP contribution is 2.28. The zero-order valence-electron chi connectivity index (χ0n) is 14.8. The number of nitrogens with zero attached hydrogens (tertiary/aromatic N) is 3. The van der Waals surface area contributed by atoms with Crippen molar-refractivity contribution in [3.8, 4) is 5.75 Å². The maximum absolute atomic E-state index is 11.9. The van der Waals surface area contributed by atoms with Crippen molar-refractivity contribution in [3.63, 3.8) is 0 Å². The zero-order chi connectivity index (χ0) is 16.7. The van der Waals surface area contributed by atoms with E-state index in [1.165, 1.54) is 0 Å².